The summed E-state index contributed by atoms with van der Waals surface area (Å²) in [6.45, 7) is -0.209. The summed E-state index contributed by atoms with van der Waals surface area (Å²) < 4.78 is 43.6. The van der Waals surface area contributed by atoms with Crippen LogP contribution in [-0.4, -0.2) is 26.6 Å². The van der Waals surface area contributed by atoms with Gasteiger partial charge in [-0.05, 0) is 29.8 Å². The molecule has 1 amide bonds. The molecule has 25 heavy (non-hydrogen) atoms. The summed E-state index contributed by atoms with van der Waals surface area (Å²) >= 11 is 0. The Bertz CT molecular complexity index is 713. The normalized spacial score (nSPS) is 11.1. The number of hydrogen-bond donors (Lipinski definition) is 1. The molecule has 0 aliphatic carbocycles. The van der Waals surface area contributed by atoms with Crippen LogP contribution >= 0.6 is 0 Å². The van der Waals surface area contributed by atoms with Gasteiger partial charge in [0.15, 0.2) is 6.61 Å². The molecule has 2 rings (SSSR count). The van der Waals surface area contributed by atoms with Gasteiger partial charge in [0.25, 0.3) is 5.91 Å². The van der Waals surface area contributed by atoms with Crippen molar-refractivity contribution in [3.63, 3.8) is 0 Å². The number of amides is 1. The highest BCUT2D eigenvalue weighted by Gasteiger charge is 2.34. The van der Waals surface area contributed by atoms with Crippen LogP contribution < -0.4 is 15.0 Å². The number of carbonyl (C=O) groups is 1. The second kappa shape index (κ2) is 7.92. The molecule has 2 aromatic rings. The van der Waals surface area contributed by atoms with E-state index in [1.54, 1.807) is 0 Å². The zero-order valence-electron chi connectivity index (χ0n) is 13.9. The first-order chi connectivity index (χ1) is 11.8. The maximum atomic E-state index is 12.8. The lowest BCUT2D eigenvalue weighted by Gasteiger charge is -2.14. The zero-order valence-corrected chi connectivity index (χ0v) is 13.9. The Morgan fingerprint density at radius 2 is 1.72 bits per heavy atom. The molecule has 0 spiro atoms. The van der Waals surface area contributed by atoms with Gasteiger partial charge in [0.05, 0.1) is 5.56 Å². The number of nitrogens with one attached hydrogen (secondary N) is 1. The second-order valence-corrected chi connectivity index (χ2v) is 5.62. The maximum absolute atomic E-state index is 12.8. The minimum absolute atomic E-state index is 0.275. The molecule has 0 aliphatic rings. The van der Waals surface area contributed by atoms with Crippen LogP contribution in [0.25, 0.3) is 0 Å². The van der Waals surface area contributed by atoms with E-state index >= 15 is 0 Å². The van der Waals surface area contributed by atoms with Gasteiger partial charge in [0, 0.05) is 26.3 Å². The smallest absolute Gasteiger partial charge is 0.419 e. The van der Waals surface area contributed by atoms with E-state index in [0.29, 0.717) is 0 Å². The van der Waals surface area contributed by atoms with E-state index in [0.717, 1.165) is 17.3 Å². The standard InChI is InChI=1S/C18H19F3N2O2/c1-23(2)14-9-7-13(8-10-14)11-22-17(24)12-25-16-6-4-3-5-15(16)18(19,20)21/h3-10H,11-12H2,1-2H3,(H,22,24). The molecule has 0 aromatic heterocycles. The van der Waals surface area contributed by atoms with E-state index in [2.05, 4.69) is 5.32 Å². The van der Waals surface area contributed by atoms with Gasteiger partial charge in [-0.15, -0.1) is 0 Å². The molecule has 4 nitrogen and oxygen atoms in total. The number of alkyl halides is 3. The molecule has 0 radical (unpaired) electrons. The molecular weight excluding hydrogens is 333 g/mol. The van der Waals surface area contributed by atoms with Crippen molar-refractivity contribution in [1.82, 2.24) is 5.32 Å². The number of hydrogen-bond acceptors (Lipinski definition) is 3. The molecule has 0 heterocycles. The van der Waals surface area contributed by atoms with E-state index in [4.69, 9.17) is 4.74 Å². The van der Waals surface area contributed by atoms with Crippen LogP contribution in [0.1, 0.15) is 11.1 Å². The Balaban J connectivity index is 1.87. The van der Waals surface area contributed by atoms with Gasteiger partial charge in [-0.25, -0.2) is 0 Å². The molecule has 0 atom stereocenters. The number of rotatable bonds is 6. The topological polar surface area (TPSA) is 41.6 Å². The van der Waals surface area contributed by atoms with Gasteiger partial charge in [0.2, 0.25) is 0 Å². The molecular formula is C18H19F3N2O2. The predicted molar refractivity (Wildman–Crippen MR) is 89.6 cm³/mol. The first kappa shape index (κ1) is 18.6. The number of para-hydroxylation sites is 1. The SMILES string of the molecule is CN(C)c1ccc(CNC(=O)COc2ccccc2C(F)(F)F)cc1. The van der Waals surface area contributed by atoms with Crippen LogP contribution in [0.2, 0.25) is 0 Å². The average molecular weight is 352 g/mol. The van der Waals surface area contributed by atoms with Crippen molar-refractivity contribution >= 4 is 11.6 Å². The molecule has 0 saturated heterocycles. The van der Waals surface area contributed by atoms with E-state index in [-0.39, 0.29) is 12.3 Å². The molecule has 2 aromatic carbocycles. The van der Waals surface area contributed by atoms with E-state index in [1.165, 1.54) is 18.2 Å². The quantitative estimate of drug-likeness (QED) is 0.866. The average Bonchev–Trinajstić information content (AvgIpc) is 2.58. The first-order valence-corrected chi connectivity index (χ1v) is 7.59. The van der Waals surface area contributed by atoms with Crippen molar-refractivity contribution in [2.75, 3.05) is 25.6 Å². The lowest BCUT2D eigenvalue weighted by molar-refractivity contribution is -0.139. The fourth-order valence-corrected chi connectivity index (χ4v) is 2.13. The highest BCUT2D eigenvalue weighted by atomic mass is 19.4. The number of benzene rings is 2. The molecule has 0 saturated carbocycles. The summed E-state index contributed by atoms with van der Waals surface area (Å²) in [6.07, 6.45) is -4.53. The molecule has 0 aliphatic heterocycles. The van der Waals surface area contributed by atoms with E-state index < -0.39 is 24.3 Å². The summed E-state index contributed by atoms with van der Waals surface area (Å²) in [5.41, 5.74) is 1.01. The monoisotopic (exact) mass is 352 g/mol. The fourth-order valence-electron chi connectivity index (χ4n) is 2.13. The van der Waals surface area contributed by atoms with Crippen LogP contribution in [0.3, 0.4) is 0 Å². The Kier molecular flexibility index (Phi) is 5.90. The van der Waals surface area contributed by atoms with Gasteiger partial charge in [-0.2, -0.15) is 13.2 Å². The van der Waals surface area contributed by atoms with Crippen LogP contribution in [0, 0.1) is 0 Å². The van der Waals surface area contributed by atoms with Gasteiger partial charge in [0.1, 0.15) is 5.75 Å². The molecule has 0 unspecified atom stereocenters. The Morgan fingerprint density at radius 3 is 2.32 bits per heavy atom. The van der Waals surface area contributed by atoms with Gasteiger partial charge >= 0.3 is 6.18 Å². The Hall–Kier alpha value is -2.70. The van der Waals surface area contributed by atoms with Crippen molar-refractivity contribution in [3.05, 3.63) is 59.7 Å². The predicted octanol–water partition coefficient (Wildman–Crippen LogP) is 3.47. The van der Waals surface area contributed by atoms with Crippen molar-refractivity contribution in [3.8, 4) is 5.75 Å². The van der Waals surface area contributed by atoms with Gasteiger partial charge < -0.3 is 15.0 Å². The number of anilines is 1. The van der Waals surface area contributed by atoms with Crippen molar-refractivity contribution in [1.29, 1.82) is 0 Å². The largest absolute Gasteiger partial charge is 0.483 e. The molecule has 0 bridgehead atoms. The molecule has 0 fully saturated rings. The van der Waals surface area contributed by atoms with Crippen LogP contribution in [0.4, 0.5) is 18.9 Å². The first-order valence-electron chi connectivity index (χ1n) is 7.59. The molecule has 7 heteroatoms. The van der Waals surface area contributed by atoms with E-state index in [9.17, 15) is 18.0 Å². The van der Waals surface area contributed by atoms with Crippen LogP contribution in [0.5, 0.6) is 5.75 Å². The summed E-state index contributed by atoms with van der Waals surface area (Å²) in [5.74, 6) is -0.853. The molecule has 1 N–H and O–H groups in total. The Labute approximate surface area is 144 Å². The summed E-state index contributed by atoms with van der Waals surface area (Å²) in [7, 11) is 3.85. The number of ether oxygens (including phenoxy) is 1. The lowest BCUT2D eigenvalue weighted by atomic mass is 10.2. The third-order valence-corrected chi connectivity index (χ3v) is 3.49. The number of nitrogens with zero attached hydrogens (tertiary/aromatic N) is 1. The highest BCUT2D eigenvalue weighted by Crippen LogP contribution is 2.35. The minimum atomic E-state index is -4.53. The van der Waals surface area contributed by atoms with Gasteiger partial charge in [-0.3, -0.25) is 4.79 Å². The lowest BCUT2D eigenvalue weighted by Crippen LogP contribution is -2.28. The second-order valence-electron chi connectivity index (χ2n) is 5.62. The van der Waals surface area contributed by atoms with E-state index in [1.807, 2.05) is 43.3 Å². The van der Waals surface area contributed by atoms with Crippen LogP contribution in [-0.2, 0) is 17.5 Å². The third-order valence-electron chi connectivity index (χ3n) is 3.49. The number of carbonyl (C=O) groups excluding carboxylic acids is 1. The highest BCUT2D eigenvalue weighted by molar-refractivity contribution is 5.77. The van der Waals surface area contributed by atoms with Gasteiger partial charge in [-0.1, -0.05) is 24.3 Å². The van der Waals surface area contributed by atoms with Crippen molar-refractivity contribution in [2.45, 2.75) is 12.7 Å². The van der Waals surface area contributed by atoms with Crippen molar-refractivity contribution < 1.29 is 22.7 Å². The zero-order chi connectivity index (χ0) is 18.4. The van der Waals surface area contributed by atoms with Crippen LogP contribution in [0.15, 0.2) is 48.5 Å². The summed E-state index contributed by atoms with van der Waals surface area (Å²) in [4.78, 5) is 13.8. The Morgan fingerprint density at radius 1 is 1.08 bits per heavy atom. The summed E-state index contributed by atoms with van der Waals surface area (Å²) in [5, 5.41) is 2.62. The van der Waals surface area contributed by atoms with Crippen molar-refractivity contribution in [2.24, 2.45) is 0 Å². The fraction of sp³-hybridized carbons (Fsp3) is 0.278. The maximum Gasteiger partial charge on any atom is 0.419 e. The minimum Gasteiger partial charge on any atom is -0.483 e. The summed E-state index contributed by atoms with van der Waals surface area (Å²) in [6, 6.07) is 12.4. The third kappa shape index (κ3) is 5.41. The molecule has 134 valence electrons. The number of halogens is 3.